The van der Waals surface area contributed by atoms with E-state index in [1.54, 1.807) is 6.07 Å². The Morgan fingerprint density at radius 2 is 2.13 bits per heavy atom. The predicted octanol–water partition coefficient (Wildman–Crippen LogP) is 1.89. The first-order chi connectivity index (χ1) is 6.98. The first-order valence-corrected chi connectivity index (χ1v) is 5.30. The highest BCUT2D eigenvalue weighted by Crippen LogP contribution is 2.22. The lowest BCUT2D eigenvalue weighted by Crippen LogP contribution is -2.38. The van der Waals surface area contributed by atoms with Crippen LogP contribution >= 0.6 is 11.3 Å². The van der Waals surface area contributed by atoms with Crippen LogP contribution in [0.2, 0.25) is 0 Å². The quantitative estimate of drug-likeness (QED) is 0.633. The molecule has 0 aliphatic heterocycles. The Hall–Kier alpha value is -1.36. The van der Waals surface area contributed by atoms with Crippen molar-refractivity contribution in [2.75, 3.05) is 12.4 Å². The van der Waals surface area contributed by atoms with Crippen LogP contribution in [0, 0.1) is 5.41 Å². The van der Waals surface area contributed by atoms with Crippen LogP contribution in [0.25, 0.3) is 0 Å². The molecule has 0 aromatic carbocycles. The molecule has 0 aliphatic carbocycles. The van der Waals surface area contributed by atoms with Crippen molar-refractivity contribution in [3.8, 4) is 0 Å². The number of nitrogens with one attached hydrogen (secondary N) is 1. The Kier molecular flexibility index (Phi) is 3.47. The number of rotatable bonds is 3. The van der Waals surface area contributed by atoms with Gasteiger partial charge in [0.05, 0.1) is 12.1 Å². The number of anilines is 1. The summed E-state index contributed by atoms with van der Waals surface area (Å²) in [5.74, 6) is -0.909. The van der Waals surface area contributed by atoms with Crippen molar-refractivity contribution in [3.63, 3.8) is 0 Å². The molecule has 0 saturated carbocycles. The molecule has 0 radical (unpaired) electrons. The molecule has 1 aromatic heterocycles. The minimum atomic E-state index is -1.17. The molecule has 1 aromatic rings. The molecule has 5 heteroatoms. The fourth-order valence-corrected chi connectivity index (χ4v) is 1.58. The minimum absolute atomic E-state index is 0.364. The summed E-state index contributed by atoms with van der Waals surface area (Å²) in [5, 5.41) is 5.22. The SMILES string of the molecule is COC(=O)C(C)(C)C(=O)Nc1cccs1. The average molecular weight is 227 g/mol. The van der Waals surface area contributed by atoms with E-state index in [4.69, 9.17) is 0 Å². The van der Waals surface area contributed by atoms with Crippen LogP contribution in [0.15, 0.2) is 17.5 Å². The summed E-state index contributed by atoms with van der Waals surface area (Å²) >= 11 is 1.40. The highest BCUT2D eigenvalue weighted by molar-refractivity contribution is 7.14. The summed E-state index contributed by atoms with van der Waals surface area (Å²) < 4.78 is 4.56. The summed E-state index contributed by atoms with van der Waals surface area (Å²) in [7, 11) is 1.27. The van der Waals surface area contributed by atoms with Crippen LogP contribution in [0.1, 0.15) is 13.8 Å². The number of hydrogen-bond acceptors (Lipinski definition) is 4. The molecule has 0 spiro atoms. The van der Waals surface area contributed by atoms with Gasteiger partial charge in [-0.15, -0.1) is 11.3 Å². The predicted molar refractivity (Wildman–Crippen MR) is 58.7 cm³/mol. The van der Waals surface area contributed by atoms with E-state index in [9.17, 15) is 9.59 Å². The maximum Gasteiger partial charge on any atom is 0.320 e. The Bertz CT molecular complexity index is 357. The molecule has 1 heterocycles. The normalized spacial score (nSPS) is 10.9. The lowest BCUT2D eigenvalue weighted by Gasteiger charge is -2.19. The van der Waals surface area contributed by atoms with E-state index in [0.29, 0.717) is 0 Å². The van der Waals surface area contributed by atoms with Crippen molar-refractivity contribution in [2.24, 2.45) is 5.41 Å². The van der Waals surface area contributed by atoms with Crippen LogP contribution in [0.5, 0.6) is 0 Å². The second-order valence-corrected chi connectivity index (χ2v) is 4.50. The van der Waals surface area contributed by atoms with E-state index < -0.39 is 11.4 Å². The van der Waals surface area contributed by atoms with Gasteiger partial charge < -0.3 is 10.1 Å². The number of thiophene rings is 1. The van der Waals surface area contributed by atoms with E-state index in [1.807, 2.05) is 11.4 Å². The summed E-state index contributed by atoms with van der Waals surface area (Å²) in [6.07, 6.45) is 0. The Morgan fingerprint density at radius 3 is 2.60 bits per heavy atom. The Balaban J connectivity index is 2.72. The van der Waals surface area contributed by atoms with Crippen molar-refractivity contribution in [1.29, 1.82) is 0 Å². The van der Waals surface area contributed by atoms with Gasteiger partial charge in [-0.05, 0) is 31.4 Å². The third kappa shape index (κ3) is 2.56. The molecule has 1 rings (SSSR count). The zero-order valence-corrected chi connectivity index (χ0v) is 9.68. The van der Waals surface area contributed by atoms with Gasteiger partial charge in [0.15, 0.2) is 0 Å². The van der Waals surface area contributed by atoms with Gasteiger partial charge in [-0.25, -0.2) is 0 Å². The molecule has 0 unspecified atom stereocenters. The second kappa shape index (κ2) is 4.44. The monoisotopic (exact) mass is 227 g/mol. The first kappa shape index (κ1) is 11.7. The van der Waals surface area contributed by atoms with E-state index in [2.05, 4.69) is 10.1 Å². The van der Waals surface area contributed by atoms with Crippen molar-refractivity contribution >= 4 is 28.2 Å². The minimum Gasteiger partial charge on any atom is -0.468 e. The topological polar surface area (TPSA) is 55.4 Å². The molecule has 82 valence electrons. The van der Waals surface area contributed by atoms with Crippen molar-refractivity contribution in [3.05, 3.63) is 17.5 Å². The van der Waals surface area contributed by atoms with Crippen LogP contribution < -0.4 is 5.32 Å². The summed E-state index contributed by atoms with van der Waals surface area (Å²) in [4.78, 5) is 23.1. The largest absolute Gasteiger partial charge is 0.468 e. The molecule has 0 fully saturated rings. The van der Waals surface area contributed by atoms with Crippen LogP contribution in [-0.4, -0.2) is 19.0 Å². The van der Waals surface area contributed by atoms with Gasteiger partial charge in [0.25, 0.3) is 0 Å². The molecule has 0 saturated heterocycles. The Labute approximate surface area is 92.2 Å². The van der Waals surface area contributed by atoms with E-state index in [-0.39, 0.29) is 5.91 Å². The number of esters is 1. The number of ether oxygens (including phenoxy) is 1. The smallest absolute Gasteiger partial charge is 0.320 e. The van der Waals surface area contributed by atoms with E-state index in [0.717, 1.165) is 5.00 Å². The van der Waals surface area contributed by atoms with Gasteiger partial charge >= 0.3 is 5.97 Å². The van der Waals surface area contributed by atoms with E-state index >= 15 is 0 Å². The zero-order chi connectivity index (χ0) is 11.5. The summed E-state index contributed by atoms with van der Waals surface area (Å²) in [6.45, 7) is 3.06. The average Bonchev–Trinajstić information content (AvgIpc) is 2.68. The van der Waals surface area contributed by atoms with Crippen LogP contribution in [0.3, 0.4) is 0 Å². The molecular weight excluding hydrogens is 214 g/mol. The summed E-state index contributed by atoms with van der Waals surface area (Å²) in [6, 6.07) is 3.60. The molecule has 1 N–H and O–H groups in total. The van der Waals surface area contributed by atoms with Gasteiger partial charge in [-0.2, -0.15) is 0 Å². The molecule has 0 aliphatic rings. The molecule has 15 heavy (non-hydrogen) atoms. The maximum absolute atomic E-state index is 11.7. The van der Waals surface area contributed by atoms with E-state index in [1.165, 1.54) is 32.3 Å². The Morgan fingerprint density at radius 1 is 1.47 bits per heavy atom. The number of methoxy groups -OCH3 is 1. The lowest BCUT2D eigenvalue weighted by atomic mass is 9.92. The van der Waals surface area contributed by atoms with Gasteiger partial charge in [-0.3, -0.25) is 9.59 Å². The summed E-state index contributed by atoms with van der Waals surface area (Å²) in [5.41, 5.74) is -1.17. The van der Waals surface area contributed by atoms with Gasteiger partial charge in [0.1, 0.15) is 5.41 Å². The van der Waals surface area contributed by atoms with Crippen LogP contribution in [0.4, 0.5) is 5.00 Å². The fraction of sp³-hybridized carbons (Fsp3) is 0.400. The molecule has 0 atom stereocenters. The fourth-order valence-electron chi connectivity index (χ4n) is 0.966. The number of hydrogen-bond donors (Lipinski definition) is 1. The van der Waals surface area contributed by atoms with Crippen molar-refractivity contribution < 1.29 is 14.3 Å². The van der Waals surface area contributed by atoms with Gasteiger partial charge in [0, 0.05) is 0 Å². The molecule has 1 amide bonds. The zero-order valence-electron chi connectivity index (χ0n) is 8.87. The third-order valence-electron chi connectivity index (χ3n) is 2.02. The first-order valence-electron chi connectivity index (χ1n) is 4.42. The standard InChI is InChI=1S/C10H13NO3S/c1-10(2,9(13)14-3)8(12)11-7-5-4-6-15-7/h4-6H,1-3H3,(H,11,12). The van der Waals surface area contributed by atoms with Gasteiger partial charge in [0.2, 0.25) is 5.91 Å². The second-order valence-electron chi connectivity index (χ2n) is 3.55. The highest BCUT2D eigenvalue weighted by Gasteiger charge is 2.37. The number of carbonyl (C=O) groups excluding carboxylic acids is 2. The van der Waals surface area contributed by atoms with Gasteiger partial charge in [-0.1, -0.05) is 0 Å². The maximum atomic E-state index is 11.7. The van der Waals surface area contributed by atoms with Crippen LogP contribution in [-0.2, 0) is 14.3 Å². The molecule has 0 bridgehead atoms. The molecular formula is C10H13NO3S. The van der Waals surface area contributed by atoms with Crippen molar-refractivity contribution in [1.82, 2.24) is 0 Å². The number of carbonyl (C=O) groups is 2. The highest BCUT2D eigenvalue weighted by atomic mass is 32.1. The molecule has 4 nitrogen and oxygen atoms in total. The third-order valence-corrected chi connectivity index (χ3v) is 2.81. The lowest BCUT2D eigenvalue weighted by molar-refractivity contribution is -0.154. The number of amides is 1. The van der Waals surface area contributed by atoms with Crippen molar-refractivity contribution in [2.45, 2.75) is 13.8 Å².